The van der Waals surface area contributed by atoms with Gasteiger partial charge in [-0.2, -0.15) is 13.2 Å². The minimum absolute atomic E-state index is 0.0525. The van der Waals surface area contributed by atoms with Gasteiger partial charge in [0.2, 0.25) is 15.9 Å². The van der Waals surface area contributed by atoms with Crippen molar-refractivity contribution in [2.75, 3.05) is 24.9 Å². The zero-order valence-electron chi connectivity index (χ0n) is 23.6. The number of ether oxygens (including phenoxy) is 2. The van der Waals surface area contributed by atoms with Crippen molar-refractivity contribution in [3.8, 4) is 17.4 Å². The molecule has 9 nitrogen and oxygen atoms in total. The molecular weight excluding hydrogens is 597 g/mol. The predicted octanol–water partition coefficient (Wildman–Crippen LogP) is 6.26. The Morgan fingerprint density at radius 1 is 0.955 bits per heavy atom. The summed E-state index contributed by atoms with van der Waals surface area (Å²) in [5.74, 6) is 0.410. The van der Waals surface area contributed by atoms with E-state index in [-0.39, 0.29) is 29.1 Å². The third-order valence-corrected chi connectivity index (χ3v) is 8.44. The average molecular weight is 627 g/mol. The standard InChI is InChI=1S/C31H29F3N4O5S/c1-42-27-12-9-24(19-26(27)37-44(40,41)20-21-5-3-2-4-6-21)30(39)38-17-15-23(16-18-38)22-7-10-25(11-8-22)43-29-14-13-28(35-36-29)31(32,33)34/h2-14,19,23,37H,15-18,20H2,1H3. The van der Waals surface area contributed by atoms with Gasteiger partial charge >= 0.3 is 6.18 Å². The van der Waals surface area contributed by atoms with Crippen molar-refractivity contribution in [2.24, 2.45) is 0 Å². The Labute approximate surface area is 252 Å². The number of amides is 1. The average Bonchev–Trinajstić information content (AvgIpc) is 3.01. The largest absolute Gasteiger partial charge is 0.495 e. The molecule has 0 aliphatic carbocycles. The molecule has 1 N–H and O–H groups in total. The first-order chi connectivity index (χ1) is 21.0. The number of alkyl halides is 3. The van der Waals surface area contributed by atoms with Crippen molar-refractivity contribution < 1.29 is 35.9 Å². The van der Waals surface area contributed by atoms with Crippen molar-refractivity contribution >= 4 is 21.6 Å². The number of likely N-dealkylation sites (tertiary alicyclic amines) is 1. The Balaban J connectivity index is 1.18. The van der Waals surface area contributed by atoms with Crippen LogP contribution in [0.3, 0.4) is 0 Å². The van der Waals surface area contributed by atoms with E-state index in [2.05, 4.69) is 14.9 Å². The zero-order valence-corrected chi connectivity index (χ0v) is 24.4. The van der Waals surface area contributed by atoms with Gasteiger partial charge in [0, 0.05) is 24.7 Å². The van der Waals surface area contributed by atoms with Crippen LogP contribution in [0.5, 0.6) is 17.4 Å². The number of rotatable bonds is 9. The number of carbonyl (C=O) groups is 1. The first kappa shape index (κ1) is 30.8. The van der Waals surface area contributed by atoms with Crippen LogP contribution in [0, 0.1) is 0 Å². The van der Waals surface area contributed by atoms with Crippen LogP contribution in [0.2, 0.25) is 0 Å². The van der Waals surface area contributed by atoms with E-state index in [0.717, 1.165) is 17.7 Å². The summed E-state index contributed by atoms with van der Waals surface area (Å²) in [7, 11) is -2.34. The second-order valence-electron chi connectivity index (χ2n) is 10.3. The molecule has 5 rings (SSSR count). The van der Waals surface area contributed by atoms with Crippen LogP contribution >= 0.6 is 0 Å². The molecule has 13 heteroatoms. The molecule has 1 aromatic heterocycles. The molecule has 1 saturated heterocycles. The van der Waals surface area contributed by atoms with Gasteiger partial charge < -0.3 is 14.4 Å². The van der Waals surface area contributed by atoms with Gasteiger partial charge in [0.05, 0.1) is 18.6 Å². The molecule has 1 aliphatic rings. The fourth-order valence-electron chi connectivity index (χ4n) is 4.97. The van der Waals surface area contributed by atoms with E-state index < -0.39 is 21.9 Å². The van der Waals surface area contributed by atoms with Crippen LogP contribution in [0.15, 0.2) is 84.9 Å². The van der Waals surface area contributed by atoms with Crippen molar-refractivity contribution in [3.63, 3.8) is 0 Å². The van der Waals surface area contributed by atoms with E-state index >= 15 is 0 Å². The molecule has 4 aromatic rings. The van der Waals surface area contributed by atoms with E-state index in [1.807, 2.05) is 12.1 Å². The summed E-state index contributed by atoms with van der Waals surface area (Å²) >= 11 is 0. The van der Waals surface area contributed by atoms with Gasteiger partial charge in [0.1, 0.15) is 11.5 Å². The van der Waals surface area contributed by atoms with Crippen LogP contribution < -0.4 is 14.2 Å². The van der Waals surface area contributed by atoms with Gasteiger partial charge in [0.25, 0.3) is 5.91 Å². The minimum Gasteiger partial charge on any atom is -0.495 e. The highest BCUT2D eigenvalue weighted by molar-refractivity contribution is 7.91. The lowest BCUT2D eigenvalue weighted by molar-refractivity contribution is -0.141. The Morgan fingerprint density at radius 3 is 2.27 bits per heavy atom. The molecule has 0 saturated carbocycles. The minimum atomic E-state index is -4.58. The third-order valence-electron chi connectivity index (χ3n) is 7.20. The third kappa shape index (κ3) is 7.64. The zero-order chi connectivity index (χ0) is 31.3. The summed E-state index contributed by atoms with van der Waals surface area (Å²) < 4.78 is 77.2. The highest BCUT2D eigenvalue weighted by atomic mass is 32.2. The van der Waals surface area contributed by atoms with Crippen LogP contribution in [0.25, 0.3) is 0 Å². The van der Waals surface area contributed by atoms with Gasteiger partial charge in [-0.15, -0.1) is 10.2 Å². The molecular formula is C31H29F3N4O5S. The Morgan fingerprint density at radius 2 is 1.66 bits per heavy atom. The van der Waals surface area contributed by atoms with E-state index in [9.17, 15) is 26.4 Å². The fraction of sp³-hybridized carbons (Fsp3) is 0.258. The van der Waals surface area contributed by atoms with Crippen LogP contribution in [-0.4, -0.2) is 49.6 Å². The number of halogens is 3. The molecule has 0 unspecified atom stereocenters. The van der Waals surface area contributed by atoms with Gasteiger partial charge in [-0.1, -0.05) is 42.5 Å². The predicted molar refractivity (Wildman–Crippen MR) is 157 cm³/mol. The Hall–Kier alpha value is -4.65. The number of anilines is 1. The highest BCUT2D eigenvalue weighted by Gasteiger charge is 2.33. The monoisotopic (exact) mass is 626 g/mol. The van der Waals surface area contributed by atoms with Gasteiger partial charge in [-0.3, -0.25) is 9.52 Å². The lowest BCUT2D eigenvalue weighted by Gasteiger charge is -2.32. The number of methoxy groups -OCH3 is 1. The number of nitrogens with zero attached hydrogens (tertiary/aromatic N) is 3. The number of benzene rings is 3. The van der Waals surface area contributed by atoms with Crippen LogP contribution in [0.1, 0.15) is 45.9 Å². The molecule has 1 aliphatic heterocycles. The molecule has 0 spiro atoms. The molecule has 1 fully saturated rings. The first-order valence-electron chi connectivity index (χ1n) is 13.7. The summed E-state index contributed by atoms with van der Waals surface area (Å²) in [6.45, 7) is 1.01. The molecule has 3 aromatic carbocycles. The van der Waals surface area contributed by atoms with Gasteiger partial charge in [0.15, 0.2) is 5.69 Å². The van der Waals surface area contributed by atoms with E-state index in [4.69, 9.17) is 9.47 Å². The lowest BCUT2D eigenvalue weighted by Crippen LogP contribution is -2.38. The van der Waals surface area contributed by atoms with Crippen LogP contribution in [0.4, 0.5) is 18.9 Å². The van der Waals surface area contributed by atoms with Gasteiger partial charge in [-0.05, 0) is 66.3 Å². The number of hydrogen-bond donors (Lipinski definition) is 1. The van der Waals surface area contributed by atoms with Crippen molar-refractivity contribution in [3.05, 3.63) is 107 Å². The molecule has 0 bridgehead atoms. The molecule has 230 valence electrons. The fourth-order valence-corrected chi connectivity index (χ4v) is 6.17. The number of hydrogen-bond acceptors (Lipinski definition) is 7. The summed E-state index contributed by atoms with van der Waals surface area (Å²) in [6, 6.07) is 22.6. The SMILES string of the molecule is COc1ccc(C(=O)N2CCC(c3ccc(Oc4ccc(C(F)(F)F)nn4)cc3)CC2)cc1NS(=O)(=O)Cc1ccccc1. The molecule has 2 heterocycles. The number of nitrogens with one attached hydrogen (secondary N) is 1. The Bertz CT molecular complexity index is 1690. The summed E-state index contributed by atoms with van der Waals surface area (Å²) in [6.07, 6.45) is -3.15. The maximum atomic E-state index is 13.4. The van der Waals surface area contributed by atoms with Crippen molar-refractivity contribution in [2.45, 2.75) is 30.7 Å². The van der Waals surface area contributed by atoms with Gasteiger partial charge in [-0.25, -0.2) is 8.42 Å². The second-order valence-corrected chi connectivity index (χ2v) is 12.0. The maximum Gasteiger partial charge on any atom is 0.435 e. The van der Waals surface area contributed by atoms with E-state index in [0.29, 0.717) is 48.6 Å². The van der Waals surface area contributed by atoms with Crippen molar-refractivity contribution in [1.82, 2.24) is 15.1 Å². The first-order valence-corrected chi connectivity index (χ1v) is 15.4. The van der Waals surface area contributed by atoms with Crippen molar-refractivity contribution in [1.29, 1.82) is 0 Å². The molecule has 44 heavy (non-hydrogen) atoms. The number of sulfonamides is 1. The maximum absolute atomic E-state index is 13.4. The number of piperidine rings is 1. The lowest BCUT2D eigenvalue weighted by atomic mass is 9.89. The summed E-state index contributed by atoms with van der Waals surface area (Å²) in [4.78, 5) is 15.1. The summed E-state index contributed by atoms with van der Waals surface area (Å²) in [5, 5.41) is 6.64. The normalized spacial score (nSPS) is 14.2. The summed E-state index contributed by atoms with van der Waals surface area (Å²) in [5.41, 5.74) is 1.11. The smallest absolute Gasteiger partial charge is 0.435 e. The highest BCUT2D eigenvalue weighted by Crippen LogP contribution is 2.33. The second kappa shape index (κ2) is 12.9. The molecule has 0 radical (unpaired) electrons. The molecule has 0 atom stereocenters. The number of aromatic nitrogens is 2. The quantitative estimate of drug-likeness (QED) is 0.234. The topological polar surface area (TPSA) is 111 Å². The van der Waals surface area contributed by atoms with E-state index in [1.165, 1.54) is 13.2 Å². The van der Waals surface area contributed by atoms with E-state index in [1.54, 1.807) is 59.5 Å². The molecule has 1 amide bonds. The number of carbonyl (C=O) groups excluding carboxylic acids is 1. The van der Waals surface area contributed by atoms with Crippen LogP contribution in [-0.2, 0) is 22.0 Å². The Kier molecular flexibility index (Phi) is 9.04.